The first-order valence-corrected chi connectivity index (χ1v) is 7.36. The summed E-state index contributed by atoms with van der Waals surface area (Å²) in [4.78, 5) is 4.55. The minimum absolute atomic E-state index is 0.367. The zero-order valence-corrected chi connectivity index (χ0v) is 12.4. The molecular weight excluding hydrogens is 244 g/mol. The van der Waals surface area contributed by atoms with E-state index < -0.39 is 0 Å². The fraction of sp³-hybridized carbons (Fsp3) is 0.692. The van der Waals surface area contributed by atoms with Crippen LogP contribution in [0.2, 0.25) is 0 Å². The van der Waals surface area contributed by atoms with E-state index in [4.69, 9.17) is 0 Å². The van der Waals surface area contributed by atoms with E-state index in [-0.39, 0.29) is 0 Å². The van der Waals surface area contributed by atoms with Crippen molar-refractivity contribution in [2.24, 2.45) is 10.4 Å². The quantitative estimate of drug-likeness (QED) is 0.913. The number of thioether (sulfide) groups is 1. The highest BCUT2D eigenvalue weighted by molar-refractivity contribution is 8.15. The molecule has 0 saturated heterocycles. The van der Waals surface area contributed by atoms with Gasteiger partial charge >= 0.3 is 0 Å². The van der Waals surface area contributed by atoms with Crippen LogP contribution in [0.4, 0.5) is 5.82 Å². The molecule has 1 aliphatic heterocycles. The van der Waals surface area contributed by atoms with E-state index in [0.717, 1.165) is 24.1 Å². The molecule has 1 N–H and O–H groups in total. The lowest BCUT2D eigenvalue weighted by Crippen LogP contribution is -2.16. The number of nitrogens with zero attached hydrogens (tertiary/aromatic N) is 3. The predicted octanol–water partition coefficient (Wildman–Crippen LogP) is 3.22. The second-order valence-corrected chi connectivity index (χ2v) is 7.12. The molecule has 5 heteroatoms. The number of nitrogens with one attached hydrogen (secondary N) is 1. The number of hydrogen-bond donors (Lipinski definition) is 1. The minimum atomic E-state index is 0.367. The van der Waals surface area contributed by atoms with Crippen LogP contribution in [0.25, 0.3) is 0 Å². The molecule has 0 bridgehead atoms. The van der Waals surface area contributed by atoms with Crippen LogP contribution in [0.1, 0.15) is 34.1 Å². The highest BCUT2D eigenvalue weighted by Crippen LogP contribution is 2.32. The van der Waals surface area contributed by atoms with Crippen LogP contribution in [0.5, 0.6) is 0 Å². The van der Waals surface area contributed by atoms with Gasteiger partial charge in [-0.15, -0.1) is 0 Å². The van der Waals surface area contributed by atoms with Gasteiger partial charge in [0.25, 0.3) is 0 Å². The largest absolute Gasteiger partial charge is 0.318 e. The van der Waals surface area contributed by atoms with Crippen molar-refractivity contribution in [3.63, 3.8) is 0 Å². The van der Waals surface area contributed by atoms with E-state index in [0.29, 0.717) is 10.7 Å². The Labute approximate surface area is 113 Å². The molecule has 18 heavy (non-hydrogen) atoms. The highest BCUT2D eigenvalue weighted by Gasteiger charge is 2.25. The summed E-state index contributed by atoms with van der Waals surface area (Å²) in [6, 6.07) is 1.99. The van der Waals surface area contributed by atoms with Crippen LogP contribution in [0.15, 0.2) is 17.3 Å². The Morgan fingerprint density at radius 1 is 1.50 bits per heavy atom. The van der Waals surface area contributed by atoms with E-state index in [1.165, 1.54) is 6.42 Å². The van der Waals surface area contributed by atoms with Gasteiger partial charge in [-0.2, -0.15) is 5.10 Å². The first-order chi connectivity index (χ1) is 8.46. The van der Waals surface area contributed by atoms with Crippen molar-refractivity contribution in [2.75, 3.05) is 11.9 Å². The van der Waals surface area contributed by atoms with Crippen molar-refractivity contribution in [3.8, 4) is 0 Å². The van der Waals surface area contributed by atoms with Crippen LogP contribution in [0, 0.1) is 5.41 Å². The van der Waals surface area contributed by atoms with Crippen molar-refractivity contribution < 1.29 is 0 Å². The number of aromatic nitrogens is 2. The van der Waals surface area contributed by atoms with Gasteiger partial charge in [-0.1, -0.05) is 32.5 Å². The third-order valence-corrected chi connectivity index (χ3v) is 3.86. The zero-order chi connectivity index (χ0) is 13.2. The molecule has 0 fully saturated rings. The number of aliphatic imine (C=N–C) groups is 1. The predicted molar refractivity (Wildman–Crippen MR) is 79.3 cm³/mol. The summed E-state index contributed by atoms with van der Waals surface area (Å²) in [5, 5.41) is 9.30. The van der Waals surface area contributed by atoms with Gasteiger partial charge in [0, 0.05) is 24.1 Å². The smallest absolute Gasteiger partial charge is 0.162 e. The fourth-order valence-corrected chi connectivity index (χ4v) is 3.35. The number of rotatable bonds is 3. The van der Waals surface area contributed by atoms with Gasteiger partial charge in [0.1, 0.15) is 0 Å². The monoisotopic (exact) mass is 266 g/mol. The Morgan fingerprint density at radius 3 is 2.89 bits per heavy atom. The van der Waals surface area contributed by atoms with Gasteiger partial charge in [0.05, 0.1) is 6.54 Å². The lowest BCUT2D eigenvalue weighted by atomic mass is 9.90. The molecule has 0 radical (unpaired) electrons. The SMILES string of the molecule is CCn1ccc(NC2=NCC(CC(C)(C)C)S2)n1. The third kappa shape index (κ3) is 3.77. The number of anilines is 1. The van der Waals surface area contributed by atoms with Crippen molar-refractivity contribution >= 4 is 22.7 Å². The molecule has 1 aromatic heterocycles. The van der Waals surface area contributed by atoms with E-state index in [9.17, 15) is 0 Å². The lowest BCUT2D eigenvalue weighted by molar-refractivity contribution is 0.375. The molecule has 1 unspecified atom stereocenters. The van der Waals surface area contributed by atoms with Gasteiger partial charge in [0.2, 0.25) is 0 Å². The summed E-state index contributed by atoms with van der Waals surface area (Å²) in [6.07, 6.45) is 3.17. The average molecular weight is 266 g/mol. The fourth-order valence-electron chi connectivity index (χ4n) is 1.99. The van der Waals surface area contributed by atoms with Crippen molar-refractivity contribution in [3.05, 3.63) is 12.3 Å². The molecular formula is C13H22N4S. The van der Waals surface area contributed by atoms with Crippen molar-refractivity contribution in [1.82, 2.24) is 9.78 Å². The Bertz CT molecular complexity index is 430. The second kappa shape index (κ2) is 5.34. The number of aryl methyl sites for hydroxylation is 1. The molecule has 1 aromatic rings. The average Bonchev–Trinajstić information content (AvgIpc) is 2.86. The molecule has 1 atom stereocenters. The van der Waals surface area contributed by atoms with Gasteiger partial charge in [-0.25, -0.2) is 0 Å². The maximum absolute atomic E-state index is 4.55. The van der Waals surface area contributed by atoms with Gasteiger partial charge < -0.3 is 5.32 Å². The molecule has 0 aromatic carbocycles. The van der Waals surface area contributed by atoms with E-state index in [2.05, 4.69) is 43.1 Å². The van der Waals surface area contributed by atoms with Crippen LogP contribution < -0.4 is 5.32 Å². The Balaban J connectivity index is 1.85. The highest BCUT2D eigenvalue weighted by atomic mass is 32.2. The summed E-state index contributed by atoms with van der Waals surface area (Å²) < 4.78 is 1.91. The number of hydrogen-bond acceptors (Lipinski definition) is 4. The van der Waals surface area contributed by atoms with Crippen LogP contribution in [-0.2, 0) is 6.54 Å². The Hall–Kier alpha value is -0.970. The van der Waals surface area contributed by atoms with E-state index in [1.54, 1.807) is 0 Å². The molecule has 4 nitrogen and oxygen atoms in total. The second-order valence-electron chi connectivity index (χ2n) is 5.83. The Kier molecular flexibility index (Phi) is 4.00. The summed E-state index contributed by atoms with van der Waals surface area (Å²) in [7, 11) is 0. The van der Waals surface area contributed by atoms with Gasteiger partial charge in [-0.3, -0.25) is 9.67 Å². The lowest BCUT2D eigenvalue weighted by Gasteiger charge is -2.21. The summed E-state index contributed by atoms with van der Waals surface area (Å²) in [6.45, 7) is 10.7. The van der Waals surface area contributed by atoms with E-state index in [1.807, 2.05) is 28.7 Å². The normalized spacial score (nSPS) is 20.0. The van der Waals surface area contributed by atoms with Crippen LogP contribution in [-0.4, -0.2) is 26.7 Å². The van der Waals surface area contributed by atoms with Crippen LogP contribution >= 0.6 is 11.8 Å². The summed E-state index contributed by atoms with van der Waals surface area (Å²) in [5.41, 5.74) is 0.367. The van der Waals surface area contributed by atoms with Gasteiger partial charge in [-0.05, 0) is 18.8 Å². The minimum Gasteiger partial charge on any atom is -0.318 e. The van der Waals surface area contributed by atoms with Crippen molar-refractivity contribution in [1.29, 1.82) is 0 Å². The first kappa shape index (κ1) is 13.5. The first-order valence-electron chi connectivity index (χ1n) is 6.48. The van der Waals surface area contributed by atoms with Crippen molar-refractivity contribution in [2.45, 2.75) is 45.9 Å². The molecule has 1 aliphatic rings. The molecule has 0 amide bonds. The molecule has 2 heterocycles. The van der Waals surface area contributed by atoms with Gasteiger partial charge in [0.15, 0.2) is 11.0 Å². The third-order valence-electron chi connectivity index (χ3n) is 2.76. The van der Waals surface area contributed by atoms with E-state index >= 15 is 0 Å². The number of amidine groups is 1. The summed E-state index contributed by atoms with van der Waals surface area (Å²) >= 11 is 1.84. The molecule has 2 rings (SSSR count). The standard InChI is InChI=1S/C13H22N4S/c1-5-17-7-6-11(16-17)15-12-14-9-10(18-12)8-13(2,3)4/h6-7,10H,5,8-9H2,1-4H3,(H,14,15,16). The Morgan fingerprint density at radius 2 is 2.28 bits per heavy atom. The summed E-state index contributed by atoms with van der Waals surface area (Å²) in [5.74, 6) is 0.888. The van der Waals surface area contributed by atoms with Crippen LogP contribution in [0.3, 0.4) is 0 Å². The molecule has 0 spiro atoms. The topological polar surface area (TPSA) is 42.2 Å². The molecule has 100 valence electrons. The maximum atomic E-state index is 4.55. The maximum Gasteiger partial charge on any atom is 0.162 e. The molecule has 0 saturated carbocycles. The molecule has 0 aliphatic carbocycles. The zero-order valence-electron chi connectivity index (χ0n) is 11.6.